The molecule has 1 aliphatic heterocycles. The molecule has 6 nitrogen and oxygen atoms in total. The molecular weight excluding hydrogens is 304 g/mol. The number of unbranched alkanes of at least 4 members (excludes halogenated alkanes) is 1. The summed E-state index contributed by atoms with van der Waals surface area (Å²) in [6, 6.07) is 6.44. The topological polar surface area (TPSA) is 66.9 Å². The number of benzene rings is 1. The van der Waals surface area contributed by atoms with Crippen LogP contribution in [-0.4, -0.2) is 52.0 Å². The summed E-state index contributed by atoms with van der Waals surface area (Å²) in [7, 11) is -1.88. The summed E-state index contributed by atoms with van der Waals surface area (Å²) in [4.78, 5) is 13.6. The van der Waals surface area contributed by atoms with Gasteiger partial charge in [-0.15, -0.1) is 0 Å². The molecule has 0 radical (unpaired) electrons. The third kappa shape index (κ3) is 3.66. The largest absolute Gasteiger partial charge is 0.370 e. The fraction of sp³-hybridized carbons (Fsp3) is 0.533. The predicted molar refractivity (Wildman–Crippen MR) is 84.3 cm³/mol. The third-order valence-electron chi connectivity index (χ3n) is 3.67. The normalized spacial score (nSPS) is 16.3. The van der Waals surface area contributed by atoms with Crippen LogP contribution in [-0.2, 0) is 19.6 Å². The highest BCUT2D eigenvalue weighted by atomic mass is 32.2. The number of carbonyl (C=O) groups is 1. The number of anilines is 1. The molecule has 0 aromatic heterocycles. The summed E-state index contributed by atoms with van der Waals surface area (Å²) >= 11 is 0. The van der Waals surface area contributed by atoms with Gasteiger partial charge in [0.1, 0.15) is 6.61 Å². The van der Waals surface area contributed by atoms with E-state index in [-0.39, 0.29) is 17.4 Å². The first-order valence-electron chi connectivity index (χ1n) is 7.41. The maximum Gasteiger partial charge on any atom is 0.253 e. The molecule has 0 unspecified atom stereocenters. The van der Waals surface area contributed by atoms with Crippen LogP contribution in [0.1, 0.15) is 19.8 Å². The Morgan fingerprint density at radius 3 is 2.55 bits per heavy atom. The first kappa shape index (κ1) is 16.9. The number of sulfonamides is 1. The smallest absolute Gasteiger partial charge is 0.253 e. The Balaban J connectivity index is 2.15. The van der Waals surface area contributed by atoms with Gasteiger partial charge in [-0.3, -0.25) is 4.79 Å². The Hall–Kier alpha value is -1.44. The van der Waals surface area contributed by atoms with Gasteiger partial charge in [0.25, 0.3) is 5.91 Å². The van der Waals surface area contributed by atoms with E-state index in [1.165, 1.54) is 4.31 Å². The lowest BCUT2D eigenvalue weighted by atomic mass is 10.2. The molecule has 7 heteroatoms. The van der Waals surface area contributed by atoms with Gasteiger partial charge in [0.15, 0.2) is 0 Å². The van der Waals surface area contributed by atoms with Crippen LogP contribution in [0.2, 0.25) is 0 Å². The van der Waals surface area contributed by atoms with Gasteiger partial charge in [0.2, 0.25) is 10.0 Å². The highest BCUT2D eigenvalue weighted by molar-refractivity contribution is 7.89. The van der Waals surface area contributed by atoms with Crippen LogP contribution in [0.15, 0.2) is 29.2 Å². The fourth-order valence-corrected chi connectivity index (χ4v) is 3.48. The van der Waals surface area contributed by atoms with Crippen LogP contribution in [0.3, 0.4) is 0 Å². The van der Waals surface area contributed by atoms with Gasteiger partial charge in [-0.05, 0) is 30.7 Å². The second-order valence-corrected chi connectivity index (χ2v) is 7.32. The third-order valence-corrected chi connectivity index (χ3v) is 5.54. The second kappa shape index (κ2) is 7.21. The van der Waals surface area contributed by atoms with E-state index in [0.29, 0.717) is 25.4 Å². The number of carbonyl (C=O) groups excluding carboxylic acids is 1. The van der Waals surface area contributed by atoms with E-state index in [2.05, 4.69) is 0 Å². The molecule has 2 rings (SSSR count). The second-order valence-electron chi connectivity index (χ2n) is 5.27. The zero-order valence-electron chi connectivity index (χ0n) is 13.0. The minimum absolute atomic E-state index is 0.0693. The number of ether oxygens (including phenoxy) is 1. The Labute approximate surface area is 131 Å². The molecule has 1 amide bonds. The molecule has 122 valence electrons. The maximum absolute atomic E-state index is 12.4. The molecule has 1 heterocycles. The minimum Gasteiger partial charge on any atom is -0.370 e. The molecule has 0 aliphatic carbocycles. The van der Waals surface area contributed by atoms with Gasteiger partial charge < -0.3 is 9.64 Å². The Bertz CT molecular complexity index is 613. The van der Waals surface area contributed by atoms with Crippen molar-refractivity contribution in [2.75, 3.05) is 38.3 Å². The first-order valence-corrected chi connectivity index (χ1v) is 8.85. The van der Waals surface area contributed by atoms with Gasteiger partial charge in [-0.1, -0.05) is 13.3 Å². The monoisotopic (exact) mass is 326 g/mol. The average Bonchev–Trinajstić information content (AvgIpc) is 2.53. The quantitative estimate of drug-likeness (QED) is 0.794. The number of hydrogen-bond donors (Lipinski definition) is 0. The van der Waals surface area contributed by atoms with E-state index in [0.717, 1.165) is 12.8 Å². The zero-order chi connectivity index (χ0) is 16.2. The SMILES string of the molecule is CCCCN(C)S(=O)(=O)c1ccc(N2CCOCC2=O)cc1. The number of morpholine rings is 1. The van der Waals surface area contributed by atoms with Crippen LogP contribution in [0.4, 0.5) is 5.69 Å². The van der Waals surface area contributed by atoms with Crippen molar-refractivity contribution in [3.05, 3.63) is 24.3 Å². The summed E-state index contributed by atoms with van der Waals surface area (Å²) < 4.78 is 31.3. The summed E-state index contributed by atoms with van der Waals surface area (Å²) in [6.45, 7) is 3.57. The van der Waals surface area contributed by atoms with E-state index < -0.39 is 10.0 Å². The Kier molecular flexibility index (Phi) is 5.55. The number of nitrogens with zero attached hydrogens (tertiary/aromatic N) is 2. The minimum atomic E-state index is -3.47. The lowest BCUT2D eigenvalue weighted by molar-refractivity contribution is -0.125. The molecule has 1 aromatic carbocycles. The van der Waals surface area contributed by atoms with E-state index in [1.54, 1.807) is 36.2 Å². The van der Waals surface area contributed by atoms with Crippen molar-refractivity contribution in [1.29, 1.82) is 0 Å². The summed E-state index contributed by atoms with van der Waals surface area (Å²) in [6.07, 6.45) is 1.77. The molecule has 1 saturated heterocycles. The van der Waals surface area contributed by atoms with E-state index >= 15 is 0 Å². The Morgan fingerprint density at radius 2 is 1.95 bits per heavy atom. The van der Waals surface area contributed by atoms with Crippen LogP contribution < -0.4 is 4.90 Å². The van der Waals surface area contributed by atoms with Crippen LogP contribution in [0.5, 0.6) is 0 Å². The number of hydrogen-bond acceptors (Lipinski definition) is 4. The molecule has 0 bridgehead atoms. The first-order chi connectivity index (χ1) is 10.5. The zero-order valence-corrected chi connectivity index (χ0v) is 13.8. The van der Waals surface area contributed by atoms with Crippen molar-refractivity contribution in [1.82, 2.24) is 4.31 Å². The molecule has 0 N–H and O–H groups in total. The summed E-state index contributed by atoms with van der Waals surface area (Å²) in [5.41, 5.74) is 0.698. The lowest BCUT2D eigenvalue weighted by Gasteiger charge is -2.27. The molecule has 1 aliphatic rings. The van der Waals surface area contributed by atoms with E-state index in [4.69, 9.17) is 4.74 Å². The van der Waals surface area contributed by atoms with Gasteiger partial charge in [-0.25, -0.2) is 12.7 Å². The lowest BCUT2D eigenvalue weighted by Crippen LogP contribution is -2.41. The molecule has 1 aromatic rings. The number of amides is 1. The predicted octanol–water partition coefficient (Wildman–Crippen LogP) is 1.47. The van der Waals surface area contributed by atoms with Crippen molar-refractivity contribution < 1.29 is 17.9 Å². The Morgan fingerprint density at radius 1 is 1.27 bits per heavy atom. The van der Waals surface area contributed by atoms with E-state index in [9.17, 15) is 13.2 Å². The van der Waals surface area contributed by atoms with E-state index in [1.807, 2.05) is 6.92 Å². The van der Waals surface area contributed by atoms with Crippen molar-refractivity contribution in [3.8, 4) is 0 Å². The average molecular weight is 326 g/mol. The molecule has 0 saturated carbocycles. The van der Waals surface area contributed by atoms with Crippen LogP contribution in [0.25, 0.3) is 0 Å². The van der Waals surface area contributed by atoms with Crippen LogP contribution >= 0.6 is 0 Å². The summed E-state index contributed by atoms with van der Waals surface area (Å²) in [5.74, 6) is -0.109. The van der Waals surface area contributed by atoms with Gasteiger partial charge in [0, 0.05) is 25.8 Å². The maximum atomic E-state index is 12.4. The van der Waals surface area contributed by atoms with Crippen LogP contribution in [0, 0.1) is 0 Å². The van der Waals surface area contributed by atoms with Gasteiger partial charge >= 0.3 is 0 Å². The van der Waals surface area contributed by atoms with Crippen molar-refractivity contribution in [3.63, 3.8) is 0 Å². The molecule has 1 fully saturated rings. The fourth-order valence-electron chi connectivity index (χ4n) is 2.27. The van der Waals surface area contributed by atoms with Gasteiger partial charge in [-0.2, -0.15) is 0 Å². The molecule has 0 spiro atoms. The molecule has 22 heavy (non-hydrogen) atoms. The summed E-state index contributed by atoms with van der Waals surface area (Å²) in [5, 5.41) is 0. The van der Waals surface area contributed by atoms with Crippen molar-refractivity contribution in [2.24, 2.45) is 0 Å². The van der Waals surface area contributed by atoms with Crippen molar-refractivity contribution in [2.45, 2.75) is 24.7 Å². The molecular formula is C15H22N2O4S. The highest BCUT2D eigenvalue weighted by Crippen LogP contribution is 2.21. The number of rotatable bonds is 6. The molecule has 0 atom stereocenters. The van der Waals surface area contributed by atoms with Gasteiger partial charge in [0.05, 0.1) is 11.5 Å². The standard InChI is InChI=1S/C15H22N2O4S/c1-3-4-9-16(2)22(19,20)14-7-5-13(6-8-14)17-10-11-21-12-15(17)18/h5-8H,3-4,9-12H2,1-2H3. The van der Waals surface area contributed by atoms with Crippen molar-refractivity contribution >= 4 is 21.6 Å². The highest BCUT2D eigenvalue weighted by Gasteiger charge is 2.23.